The Morgan fingerprint density at radius 3 is 3.00 bits per heavy atom. The molecular weight excluding hydrogens is 181 g/mol. The summed E-state index contributed by atoms with van der Waals surface area (Å²) in [5.74, 6) is 1.17. The first-order valence-corrected chi connectivity index (χ1v) is 4.68. The minimum Gasteiger partial charge on any atom is -0.315 e. The van der Waals surface area contributed by atoms with Crippen molar-refractivity contribution in [2.45, 2.75) is 5.92 Å². The molecular formula is C10H10FN3. The van der Waals surface area contributed by atoms with Crippen molar-refractivity contribution in [3.63, 3.8) is 0 Å². The summed E-state index contributed by atoms with van der Waals surface area (Å²) in [7, 11) is 0. The van der Waals surface area contributed by atoms with Gasteiger partial charge in [0.15, 0.2) is 0 Å². The monoisotopic (exact) mass is 191 g/mol. The molecule has 2 aromatic heterocycles. The fraction of sp³-hybridized carbons (Fsp3) is 0.300. The largest absolute Gasteiger partial charge is 0.315 e. The molecule has 72 valence electrons. The smallest absolute Gasteiger partial charge is 0.139 e. The minimum atomic E-state index is -0.218. The Bertz CT molecular complexity index is 473. The fourth-order valence-electron chi connectivity index (χ4n) is 1.76. The van der Waals surface area contributed by atoms with Gasteiger partial charge in [0.25, 0.3) is 0 Å². The van der Waals surface area contributed by atoms with Crippen LogP contribution in [0.2, 0.25) is 0 Å². The maximum Gasteiger partial charge on any atom is 0.139 e. The van der Waals surface area contributed by atoms with E-state index in [2.05, 4.69) is 10.3 Å². The summed E-state index contributed by atoms with van der Waals surface area (Å²) in [5.41, 5.74) is 0.952. The van der Waals surface area contributed by atoms with Crippen LogP contribution in [-0.4, -0.2) is 22.5 Å². The van der Waals surface area contributed by atoms with Crippen LogP contribution >= 0.6 is 0 Å². The number of imidazole rings is 1. The third-order valence-corrected chi connectivity index (χ3v) is 2.67. The molecule has 0 saturated carbocycles. The standard InChI is InChI=1S/C10H10FN3/c11-8-1-2-9-5-13-10(14(9)6-8)7-3-12-4-7/h1-2,5-7,12H,3-4H2. The third-order valence-electron chi connectivity index (χ3n) is 2.67. The lowest BCUT2D eigenvalue weighted by molar-refractivity contribution is 0.428. The highest BCUT2D eigenvalue weighted by atomic mass is 19.1. The Hall–Kier alpha value is -1.42. The SMILES string of the molecule is Fc1ccc2cnc(C3CNC3)n2c1. The zero-order valence-corrected chi connectivity index (χ0v) is 7.57. The number of nitrogens with one attached hydrogen (secondary N) is 1. The summed E-state index contributed by atoms with van der Waals surface area (Å²) in [6.07, 6.45) is 3.28. The Labute approximate surface area is 80.6 Å². The summed E-state index contributed by atoms with van der Waals surface area (Å²) >= 11 is 0. The van der Waals surface area contributed by atoms with Gasteiger partial charge in [-0.25, -0.2) is 9.37 Å². The van der Waals surface area contributed by atoms with Crippen molar-refractivity contribution in [1.82, 2.24) is 14.7 Å². The molecule has 0 amide bonds. The molecule has 14 heavy (non-hydrogen) atoms. The van der Waals surface area contributed by atoms with Gasteiger partial charge >= 0.3 is 0 Å². The van der Waals surface area contributed by atoms with Gasteiger partial charge in [-0.3, -0.25) is 0 Å². The fourth-order valence-corrected chi connectivity index (χ4v) is 1.76. The molecule has 2 aromatic rings. The summed E-state index contributed by atoms with van der Waals surface area (Å²) in [4.78, 5) is 4.31. The highest BCUT2D eigenvalue weighted by Crippen LogP contribution is 2.20. The molecule has 0 aliphatic carbocycles. The molecule has 4 heteroatoms. The molecule has 0 bridgehead atoms. The number of hydrogen-bond donors (Lipinski definition) is 1. The van der Waals surface area contributed by atoms with Crippen LogP contribution in [0.3, 0.4) is 0 Å². The van der Waals surface area contributed by atoms with Crippen LogP contribution in [0.5, 0.6) is 0 Å². The lowest BCUT2D eigenvalue weighted by atomic mass is 10.0. The third kappa shape index (κ3) is 1.04. The average Bonchev–Trinajstić information content (AvgIpc) is 2.46. The quantitative estimate of drug-likeness (QED) is 0.733. The maximum absolute atomic E-state index is 13.0. The number of halogens is 1. The van der Waals surface area contributed by atoms with Gasteiger partial charge in [0, 0.05) is 25.2 Å². The van der Waals surface area contributed by atoms with Crippen molar-refractivity contribution in [2.75, 3.05) is 13.1 Å². The summed E-state index contributed by atoms with van der Waals surface area (Å²) in [6.45, 7) is 1.88. The van der Waals surface area contributed by atoms with Crippen LogP contribution in [0.25, 0.3) is 5.52 Å². The van der Waals surface area contributed by atoms with Crippen LogP contribution in [-0.2, 0) is 0 Å². The Morgan fingerprint density at radius 2 is 2.29 bits per heavy atom. The normalized spacial score (nSPS) is 17.2. The van der Waals surface area contributed by atoms with Crippen LogP contribution in [0.15, 0.2) is 24.5 Å². The Morgan fingerprint density at radius 1 is 1.43 bits per heavy atom. The van der Waals surface area contributed by atoms with Crippen LogP contribution in [0.1, 0.15) is 11.7 Å². The van der Waals surface area contributed by atoms with Gasteiger partial charge in [-0.05, 0) is 12.1 Å². The topological polar surface area (TPSA) is 29.3 Å². The first-order valence-electron chi connectivity index (χ1n) is 4.68. The number of fused-ring (bicyclic) bond motifs is 1. The molecule has 3 heterocycles. The molecule has 0 aromatic carbocycles. The lowest BCUT2D eigenvalue weighted by Gasteiger charge is -2.25. The molecule has 3 nitrogen and oxygen atoms in total. The van der Waals surface area contributed by atoms with E-state index in [0.717, 1.165) is 24.4 Å². The molecule has 1 fully saturated rings. The Kier molecular flexibility index (Phi) is 1.58. The van der Waals surface area contributed by atoms with E-state index in [0.29, 0.717) is 5.92 Å². The van der Waals surface area contributed by atoms with E-state index in [4.69, 9.17) is 0 Å². The van der Waals surface area contributed by atoms with Crippen molar-refractivity contribution in [1.29, 1.82) is 0 Å². The minimum absolute atomic E-state index is 0.218. The van der Waals surface area contributed by atoms with Gasteiger partial charge in [0.05, 0.1) is 11.7 Å². The van der Waals surface area contributed by atoms with Gasteiger partial charge < -0.3 is 9.72 Å². The molecule has 1 aliphatic heterocycles. The van der Waals surface area contributed by atoms with Gasteiger partial charge in [0.2, 0.25) is 0 Å². The zero-order chi connectivity index (χ0) is 9.54. The Balaban J connectivity index is 2.18. The second-order valence-electron chi connectivity index (χ2n) is 3.61. The molecule has 0 atom stereocenters. The first kappa shape index (κ1) is 7.94. The highest BCUT2D eigenvalue weighted by molar-refractivity contribution is 5.46. The molecule has 0 unspecified atom stereocenters. The van der Waals surface area contributed by atoms with Crippen molar-refractivity contribution < 1.29 is 4.39 Å². The highest BCUT2D eigenvalue weighted by Gasteiger charge is 2.23. The molecule has 3 rings (SSSR count). The second-order valence-corrected chi connectivity index (χ2v) is 3.61. The first-order chi connectivity index (χ1) is 6.84. The molecule has 0 radical (unpaired) electrons. The van der Waals surface area contributed by atoms with Gasteiger partial charge in [-0.2, -0.15) is 0 Å². The van der Waals surface area contributed by atoms with Crippen molar-refractivity contribution in [2.24, 2.45) is 0 Å². The molecule has 1 aliphatic rings. The van der Waals surface area contributed by atoms with E-state index in [1.807, 2.05) is 4.40 Å². The van der Waals surface area contributed by atoms with Crippen molar-refractivity contribution in [3.8, 4) is 0 Å². The van der Waals surface area contributed by atoms with Crippen LogP contribution in [0.4, 0.5) is 4.39 Å². The van der Waals surface area contributed by atoms with E-state index >= 15 is 0 Å². The van der Waals surface area contributed by atoms with E-state index in [-0.39, 0.29) is 5.82 Å². The maximum atomic E-state index is 13.0. The molecule has 1 saturated heterocycles. The van der Waals surface area contributed by atoms with Crippen molar-refractivity contribution in [3.05, 3.63) is 36.2 Å². The average molecular weight is 191 g/mol. The predicted octanol–water partition coefficient (Wildman–Crippen LogP) is 1.16. The van der Waals surface area contributed by atoms with E-state index < -0.39 is 0 Å². The predicted molar refractivity (Wildman–Crippen MR) is 50.8 cm³/mol. The number of aromatic nitrogens is 2. The van der Waals surface area contributed by atoms with Gasteiger partial charge in [0.1, 0.15) is 11.6 Å². The van der Waals surface area contributed by atoms with Crippen molar-refractivity contribution >= 4 is 5.52 Å². The van der Waals surface area contributed by atoms with E-state index in [9.17, 15) is 4.39 Å². The molecule has 1 N–H and O–H groups in total. The number of hydrogen-bond acceptors (Lipinski definition) is 2. The molecule has 0 spiro atoms. The number of nitrogens with zero attached hydrogens (tertiary/aromatic N) is 2. The second kappa shape index (κ2) is 2.78. The van der Waals surface area contributed by atoms with Gasteiger partial charge in [-0.1, -0.05) is 0 Å². The van der Waals surface area contributed by atoms with E-state index in [1.165, 1.54) is 12.3 Å². The van der Waals surface area contributed by atoms with Crippen LogP contribution < -0.4 is 5.32 Å². The summed E-state index contributed by atoms with van der Waals surface area (Å²) in [5, 5.41) is 3.18. The summed E-state index contributed by atoms with van der Waals surface area (Å²) in [6, 6.07) is 3.21. The lowest BCUT2D eigenvalue weighted by Crippen LogP contribution is -2.40. The van der Waals surface area contributed by atoms with Gasteiger partial charge in [-0.15, -0.1) is 0 Å². The number of rotatable bonds is 1. The summed E-state index contributed by atoms with van der Waals surface area (Å²) < 4.78 is 14.8. The van der Waals surface area contributed by atoms with E-state index in [1.54, 1.807) is 12.3 Å². The zero-order valence-electron chi connectivity index (χ0n) is 7.57. The number of pyridine rings is 1. The van der Waals surface area contributed by atoms with Crippen LogP contribution in [0, 0.1) is 5.82 Å².